The van der Waals surface area contributed by atoms with Gasteiger partial charge in [0.25, 0.3) is 5.91 Å². The van der Waals surface area contributed by atoms with E-state index in [0.29, 0.717) is 21.5 Å². The zero-order valence-corrected chi connectivity index (χ0v) is 12.0. The fourth-order valence-electron chi connectivity index (χ4n) is 2.70. The minimum atomic E-state index is -0.172. The second-order valence-electron chi connectivity index (χ2n) is 5.01. The number of fused-ring (bicyclic) bond motifs is 1. The largest absolute Gasteiger partial charge is 0.482 e. The molecule has 0 saturated heterocycles. The highest BCUT2D eigenvalue weighted by atomic mass is 79.9. The summed E-state index contributed by atoms with van der Waals surface area (Å²) in [5.41, 5.74) is 1.27. The number of nitrogens with one attached hydrogen (secondary N) is 1. The zero-order valence-electron chi connectivity index (χ0n) is 10.4. The molecule has 0 atom stereocenters. The Morgan fingerprint density at radius 3 is 2.79 bits per heavy atom. The Kier molecular flexibility index (Phi) is 3.31. The summed E-state index contributed by atoms with van der Waals surface area (Å²) in [6.45, 7) is 0.00565. The molecule has 100 valence electrons. The minimum absolute atomic E-state index is 0.00565. The van der Waals surface area contributed by atoms with E-state index in [4.69, 9.17) is 4.74 Å². The molecule has 4 nitrogen and oxygen atoms in total. The molecular weight excluding hydrogens is 310 g/mol. The Morgan fingerprint density at radius 2 is 2.05 bits per heavy atom. The van der Waals surface area contributed by atoms with Crippen LogP contribution in [0.1, 0.15) is 36.0 Å². The van der Waals surface area contributed by atoms with Gasteiger partial charge in [-0.05, 0) is 40.9 Å². The van der Waals surface area contributed by atoms with E-state index in [1.165, 1.54) is 0 Å². The molecule has 0 radical (unpaired) electrons. The van der Waals surface area contributed by atoms with E-state index in [9.17, 15) is 9.59 Å². The molecule has 1 N–H and O–H groups in total. The summed E-state index contributed by atoms with van der Waals surface area (Å²) in [4.78, 5) is 23.7. The van der Waals surface area contributed by atoms with E-state index in [-0.39, 0.29) is 24.2 Å². The molecule has 1 amide bonds. The Balaban J connectivity index is 1.94. The summed E-state index contributed by atoms with van der Waals surface area (Å²) < 4.78 is 6.08. The van der Waals surface area contributed by atoms with Gasteiger partial charge in [0.15, 0.2) is 12.4 Å². The molecule has 1 fully saturated rings. The van der Waals surface area contributed by atoms with E-state index < -0.39 is 0 Å². The number of ketones is 1. The lowest BCUT2D eigenvalue weighted by Crippen LogP contribution is -2.25. The summed E-state index contributed by atoms with van der Waals surface area (Å²) in [6, 6.07) is 3.48. The second-order valence-corrected chi connectivity index (χ2v) is 5.87. The van der Waals surface area contributed by atoms with Crippen molar-refractivity contribution in [2.75, 3.05) is 11.9 Å². The smallest absolute Gasteiger partial charge is 0.262 e. The third kappa shape index (κ3) is 2.39. The fourth-order valence-corrected chi connectivity index (χ4v) is 3.24. The molecule has 0 bridgehead atoms. The van der Waals surface area contributed by atoms with E-state index in [1.54, 1.807) is 12.1 Å². The number of carbonyl (C=O) groups is 2. The van der Waals surface area contributed by atoms with Gasteiger partial charge in [-0.1, -0.05) is 12.8 Å². The average Bonchev–Trinajstić information content (AvgIpc) is 2.91. The molecule has 1 saturated carbocycles. The van der Waals surface area contributed by atoms with Crippen LogP contribution in [0.25, 0.3) is 0 Å². The van der Waals surface area contributed by atoms with Crippen molar-refractivity contribution < 1.29 is 14.3 Å². The maximum absolute atomic E-state index is 12.4. The molecule has 19 heavy (non-hydrogen) atoms. The van der Waals surface area contributed by atoms with Gasteiger partial charge in [-0.25, -0.2) is 0 Å². The maximum Gasteiger partial charge on any atom is 0.262 e. The predicted octanol–water partition coefficient (Wildman–Crippen LogP) is 3.15. The van der Waals surface area contributed by atoms with E-state index in [0.717, 1.165) is 25.7 Å². The summed E-state index contributed by atoms with van der Waals surface area (Å²) >= 11 is 3.42. The number of ether oxygens (including phenoxy) is 1. The van der Waals surface area contributed by atoms with Crippen molar-refractivity contribution in [1.29, 1.82) is 0 Å². The van der Waals surface area contributed by atoms with E-state index in [2.05, 4.69) is 21.2 Å². The standard InChI is InChI=1S/C14H14BrNO3/c15-10-6-11-12(19-7-13(17)16-11)5-9(10)14(18)8-3-1-2-4-8/h5-6,8H,1-4,7H2,(H,16,17). The molecule has 0 unspecified atom stereocenters. The van der Waals surface area contributed by atoms with Crippen LogP contribution in [-0.2, 0) is 4.79 Å². The van der Waals surface area contributed by atoms with Crippen molar-refractivity contribution >= 4 is 33.3 Å². The van der Waals surface area contributed by atoms with Crippen LogP contribution in [0.2, 0.25) is 0 Å². The molecule has 5 heteroatoms. The summed E-state index contributed by atoms with van der Waals surface area (Å²) in [6.07, 6.45) is 4.21. The molecule has 1 aromatic carbocycles. The van der Waals surface area contributed by atoms with Crippen LogP contribution in [0, 0.1) is 5.92 Å². The van der Waals surface area contributed by atoms with Crippen molar-refractivity contribution in [1.82, 2.24) is 0 Å². The lowest BCUT2D eigenvalue weighted by atomic mass is 9.96. The Hall–Kier alpha value is -1.36. The van der Waals surface area contributed by atoms with Gasteiger partial charge >= 0.3 is 0 Å². The SMILES string of the molecule is O=C1COc2cc(C(=O)C3CCCC3)c(Br)cc2N1. The quantitative estimate of drug-likeness (QED) is 0.850. The highest BCUT2D eigenvalue weighted by molar-refractivity contribution is 9.10. The van der Waals surface area contributed by atoms with Crippen LogP contribution in [0.15, 0.2) is 16.6 Å². The molecule has 1 aliphatic carbocycles. The van der Waals surface area contributed by atoms with Gasteiger partial charge in [0.2, 0.25) is 0 Å². The first-order valence-corrected chi connectivity index (χ1v) is 7.25. The topological polar surface area (TPSA) is 55.4 Å². The van der Waals surface area contributed by atoms with Crippen LogP contribution in [0.5, 0.6) is 5.75 Å². The number of anilines is 1. The first-order chi connectivity index (χ1) is 9.15. The van der Waals surface area contributed by atoms with Gasteiger partial charge in [0, 0.05) is 16.0 Å². The van der Waals surface area contributed by atoms with Crippen LogP contribution in [0.3, 0.4) is 0 Å². The highest BCUT2D eigenvalue weighted by Crippen LogP contribution is 2.37. The number of hydrogen-bond acceptors (Lipinski definition) is 3. The van der Waals surface area contributed by atoms with Gasteiger partial charge in [0.05, 0.1) is 5.69 Å². The van der Waals surface area contributed by atoms with Crippen molar-refractivity contribution in [3.05, 3.63) is 22.2 Å². The van der Waals surface area contributed by atoms with Crippen molar-refractivity contribution in [3.63, 3.8) is 0 Å². The van der Waals surface area contributed by atoms with Crippen LogP contribution >= 0.6 is 15.9 Å². The van der Waals surface area contributed by atoms with Crippen LogP contribution < -0.4 is 10.1 Å². The molecule has 1 aromatic rings. The monoisotopic (exact) mass is 323 g/mol. The first-order valence-electron chi connectivity index (χ1n) is 6.45. The minimum Gasteiger partial charge on any atom is -0.482 e. The second kappa shape index (κ2) is 4.96. The number of amides is 1. The number of carbonyl (C=O) groups excluding carboxylic acids is 2. The molecule has 1 heterocycles. The fraction of sp³-hybridized carbons (Fsp3) is 0.429. The number of halogens is 1. The molecule has 2 aliphatic rings. The van der Waals surface area contributed by atoms with Crippen molar-refractivity contribution in [2.24, 2.45) is 5.92 Å². The Bertz CT molecular complexity index is 550. The zero-order chi connectivity index (χ0) is 13.4. The van der Waals surface area contributed by atoms with Gasteiger partial charge < -0.3 is 10.1 Å². The molecule has 1 aliphatic heterocycles. The third-order valence-electron chi connectivity index (χ3n) is 3.69. The molecule has 0 spiro atoms. The Morgan fingerprint density at radius 1 is 1.32 bits per heavy atom. The van der Waals surface area contributed by atoms with Crippen molar-refractivity contribution in [3.8, 4) is 5.75 Å². The van der Waals surface area contributed by atoms with Gasteiger partial charge in [-0.2, -0.15) is 0 Å². The molecule has 3 rings (SSSR count). The summed E-state index contributed by atoms with van der Waals surface area (Å²) in [5.74, 6) is 0.707. The number of benzene rings is 1. The van der Waals surface area contributed by atoms with Crippen LogP contribution in [-0.4, -0.2) is 18.3 Å². The van der Waals surface area contributed by atoms with Gasteiger partial charge in [-0.15, -0.1) is 0 Å². The Labute approximate surface area is 119 Å². The average molecular weight is 324 g/mol. The number of rotatable bonds is 2. The normalized spacial score (nSPS) is 18.7. The first kappa shape index (κ1) is 12.7. The molecule has 0 aromatic heterocycles. The predicted molar refractivity (Wildman–Crippen MR) is 74.6 cm³/mol. The summed E-state index contributed by atoms with van der Waals surface area (Å²) in [5, 5.41) is 2.73. The van der Waals surface area contributed by atoms with E-state index >= 15 is 0 Å². The van der Waals surface area contributed by atoms with Crippen molar-refractivity contribution in [2.45, 2.75) is 25.7 Å². The third-order valence-corrected chi connectivity index (χ3v) is 4.35. The highest BCUT2D eigenvalue weighted by Gasteiger charge is 2.27. The number of Topliss-reactive ketones (excluding diaryl/α,β-unsaturated/α-hetero) is 1. The molecular formula is C14H14BrNO3. The summed E-state index contributed by atoms with van der Waals surface area (Å²) in [7, 11) is 0. The van der Waals surface area contributed by atoms with Gasteiger partial charge in [0.1, 0.15) is 5.75 Å². The van der Waals surface area contributed by atoms with Gasteiger partial charge in [-0.3, -0.25) is 9.59 Å². The lowest BCUT2D eigenvalue weighted by molar-refractivity contribution is -0.118. The maximum atomic E-state index is 12.4. The lowest BCUT2D eigenvalue weighted by Gasteiger charge is -2.20. The van der Waals surface area contributed by atoms with Crippen LogP contribution in [0.4, 0.5) is 5.69 Å². The number of hydrogen-bond donors (Lipinski definition) is 1. The van der Waals surface area contributed by atoms with E-state index in [1.807, 2.05) is 0 Å².